The highest BCUT2D eigenvalue weighted by Crippen LogP contribution is 2.29. The van der Waals surface area contributed by atoms with Crippen molar-refractivity contribution in [1.82, 2.24) is 9.88 Å². The fraction of sp³-hybridized carbons (Fsp3) is 0.727. The molecule has 0 aromatic carbocycles. The molecule has 0 amide bonds. The van der Waals surface area contributed by atoms with Gasteiger partial charge in [0.1, 0.15) is 0 Å². The van der Waals surface area contributed by atoms with Crippen molar-refractivity contribution in [2.75, 3.05) is 39.1 Å². The Morgan fingerprint density at radius 2 is 2.31 bits per heavy atom. The Balaban J connectivity index is 1.81. The van der Waals surface area contributed by atoms with E-state index in [1.165, 1.54) is 18.5 Å². The Morgan fingerprint density at radius 1 is 1.56 bits per heavy atom. The summed E-state index contributed by atoms with van der Waals surface area (Å²) in [5.74, 6) is 0.604. The van der Waals surface area contributed by atoms with Gasteiger partial charge in [0.05, 0.1) is 12.3 Å². The highest BCUT2D eigenvalue weighted by Gasteiger charge is 2.21. The zero-order valence-electron chi connectivity index (χ0n) is 9.69. The minimum Gasteiger partial charge on any atom is -0.383 e. The first kappa shape index (κ1) is 11.8. The van der Waals surface area contributed by atoms with Gasteiger partial charge >= 0.3 is 0 Å². The minimum absolute atomic E-state index is 0.604. The van der Waals surface area contributed by atoms with Crippen LogP contribution in [0.5, 0.6) is 0 Å². The summed E-state index contributed by atoms with van der Waals surface area (Å²) in [4.78, 5) is 6.83. The molecule has 0 aliphatic carbocycles. The van der Waals surface area contributed by atoms with Gasteiger partial charge in [-0.1, -0.05) is 0 Å². The number of likely N-dealkylation sites (tertiary alicyclic amines) is 1. The van der Waals surface area contributed by atoms with Gasteiger partial charge in [-0.15, -0.1) is 11.3 Å². The van der Waals surface area contributed by atoms with E-state index in [0.717, 1.165) is 26.2 Å². The monoisotopic (exact) mass is 241 g/mol. The van der Waals surface area contributed by atoms with Crippen LogP contribution in [-0.2, 0) is 4.74 Å². The van der Waals surface area contributed by atoms with E-state index in [9.17, 15) is 0 Å². The van der Waals surface area contributed by atoms with Crippen LogP contribution < -0.4 is 5.73 Å². The molecule has 2 N–H and O–H groups in total. The smallest absolute Gasteiger partial charge is 0.180 e. The number of thiazole rings is 1. The number of ether oxygens (including phenoxy) is 1. The average molecular weight is 241 g/mol. The van der Waals surface area contributed by atoms with Crippen LogP contribution in [0.1, 0.15) is 24.5 Å². The number of nitrogens with two attached hydrogens (primary N) is 1. The number of methoxy groups -OCH3 is 1. The van der Waals surface area contributed by atoms with Crippen LogP contribution in [0.2, 0.25) is 0 Å². The summed E-state index contributed by atoms with van der Waals surface area (Å²) in [6.07, 6.45) is 2.37. The van der Waals surface area contributed by atoms with Gasteiger partial charge in [0.15, 0.2) is 5.13 Å². The molecule has 1 fully saturated rings. The van der Waals surface area contributed by atoms with Crippen molar-refractivity contribution in [2.45, 2.75) is 18.8 Å². The van der Waals surface area contributed by atoms with Crippen molar-refractivity contribution >= 4 is 16.5 Å². The summed E-state index contributed by atoms with van der Waals surface area (Å²) in [5, 5.41) is 2.79. The Kier molecular flexibility index (Phi) is 4.15. The Bertz CT molecular complexity index is 321. The van der Waals surface area contributed by atoms with E-state index in [1.807, 2.05) is 0 Å². The van der Waals surface area contributed by atoms with Crippen molar-refractivity contribution in [1.29, 1.82) is 0 Å². The molecule has 16 heavy (non-hydrogen) atoms. The molecule has 5 heteroatoms. The molecule has 4 nitrogen and oxygen atoms in total. The number of hydrogen-bond donors (Lipinski definition) is 1. The Morgan fingerprint density at radius 3 is 2.88 bits per heavy atom. The largest absolute Gasteiger partial charge is 0.383 e. The van der Waals surface area contributed by atoms with Crippen molar-refractivity contribution in [3.63, 3.8) is 0 Å². The quantitative estimate of drug-likeness (QED) is 0.869. The molecule has 90 valence electrons. The van der Waals surface area contributed by atoms with E-state index in [-0.39, 0.29) is 0 Å². The molecule has 2 heterocycles. The van der Waals surface area contributed by atoms with Gasteiger partial charge in [-0.2, -0.15) is 0 Å². The van der Waals surface area contributed by atoms with Gasteiger partial charge in [0, 0.05) is 25.0 Å². The van der Waals surface area contributed by atoms with Crippen LogP contribution in [0.25, 0.3) is 0 Å². The summed E-state index contributed by atoms with van der Waals surface area (Å²) < 4.78 is 5.09. The van der Waals surface area contributed by atoms with E-state index in [1.54, 1.807) is 18.4 Å². The van der Waals surface area contributed by atoms with Crippen molar-refractivity contribution in [2.24, 2.45) is 0 Å². The van der Waals surface area contributed by atoms with Gasteiger partial charge < -0.3 is 15.4 Å². The lowest BCUT2D eigenvalue weighted by Gasteiger charge is -2.30. The lowest BCUT2D eigenvalue weighted by atomic mass is 9.94. The maximum Gasteiger partial charge on any atom is 0.180 e. The molecule has 0 unspecified atom stereocenters. The standard InChI is InChI=1S/C11H19N3OS/c1-15-7-6-14-4-2-9(3-5-14)10-8-16-11(12)13-10/h8-9H,2-7H2,1H3,(H2,12,13). The zero-order chi connectivity index (χ0) is 11.4. The SMILES string of the molecule is COCCN1CCC(c2csc(N)n2)CC1. The number of nitrogen functional groups attached to an aromatic ring is 1. The molecule has 0 saturated carbocycles. The molecule has 1 aromatic heterocycles. The molecule has 1 saturated heterocycles. The second kappa shape index (κ2) is 5.61. The summed E-state index contributed by atoms with van der Waals surface area (Å²) in [5.41, 5.74) is 6.85. The van der Waals surface area contributed by atoms with Crippen LogP contribution in [0, 0.1) is 0 Å². The Hall–Kier alpha value is -0.650. The fourth-order valence-electron chi connectivity index (χ4n) is 2.16. The van der Waals surface area contributed by atoms with E-state index in [2.05, 4.69) is 15.3 Å². The molecule has 1 aliphatic heterocycles. The summed E-state index contributed by atoms with van der Waals surface area (Å²) >= 11 is 1.55. The highest BCUT2D eigenvalue weighted by atomic mass is 32.1. The van der Waals surface area contributed by atoms with Gasteiger partial charge in [-0.25, -0.2) is 4.98 Å². The lowest BCUT2D eigenvalue weighted by molar-refractivity contribution is 0.130. The van der Waals surface area contributed by atoms with Crippen LogP contribution in [0.3, 0.4) is 0 Å². The first-order chi connectivity index (χ1) is 7.79. The molecular formula is C11H19N3OS. The zero-order valence-corrected chi connectivity index (χ0v) is 10.5. The topological polar surface area (TPSA) is 51.4 Å². The summed E-state index contributed by atoms with van der Waals surface area (Å²) in [6, 6.07) is 0. The number of hydrogen-bond acceptors (Lipinski definition) is 5. The molecular weight excluding hydrogens is 222 g/mol. The van der Waals surface area contributed by atoms with Crippen LogP contribution in [0.15, 0.2) is 5.38 Å². The fourth-order valence-corrected chi connectivity index (χ4v) is 2.81. The first-order valence-electron chi connectivity index (χ1n) is 5.72. The average Bonchev–Trinajstić information content (AvgIpc) is 2.74. The van der Waals surface area contributed by atoms with E-state index >= 15 is 0 Å². The molecule has 0 radical (unpaired) electrons. The summed E-state index contributed by atoms with van der Waals surface area (Å²) in [6.45, 7) is 4.16. The third kappa shape index (κ3) is 2.93. The molecule has 0 spiro atoms. The van der Waals surface area contributed by atoms with E-state index in [0.29, 0.717) is 11.0 Å². The van der Waals surface area contributed by atoms with Gasteiger partial charge in [0.25, 0.3) is 0 Å². The highest BCUT2D eigenvalue weighted by molar-refractivity contribution is 7.13. The lowest BCUT2D eigenvalue weighted by Crippen LogP contribution is -2.35. The number of nitrogens with zero attached hydrogens (tertiary/aromatic N) is 2. The van der Waals surface area contributed by atoms with E-state index in [4.69, 9.17) is 10.5 Å². The third-order valence-corrected chi connectivity index (χ3v) is 3.85. The van der Waals surface area contributed by atoms with Crippen LogP contribution >= 0.6 is 11.3 Å². The maximum atomic E-state index is 5.66. The first-order valence-corrected chi connectivity index (χ1v) is 6.59. The predicted octanol–water partition coefficient (Wildman–Crippen LogP) is 1.55. The van der Waals surface area contributed by atoms with Crippen molar-refractivity contribution in [3.05, 3.63) is 11.1 Å². The van der Waals surface area contributed by atoms with Crippen molar-refractivity contribution < 1.29 is 4.74 Å². The normalized spacial score (nSPS) is 19.1. The van der Waals surface area contributed by atoms with Gasteiger partial charge in [0.2, 0.25) is 0 Å². The number of rotatable bonds is 4. The Labute approximate surface area is 100 Å². The minimum atomic E-state index is 0.604. The van der Waals surface area contributed by atoms with Crippen LogP contribution in [-0.4, -0.2) is 43.2 Å². The third-order valence-electron chi connectivity index (χ3n) is 3.16. The number of piperidine rings is 1. The number of anilines is 1. The van der Waals surface area contributed by atoms with E-state index < -0.39 is 0 Å². The molecule has 1 aromatic rings. The van der Waals surface area contributed by atoms with Gasteiger partial charge in [-0.3, -0.25) is 0 Å². The molecule has 0 atom stereocenters. The predicted molar refractivity (Wildman–Crippen MR) is 66.8 cm³/mol. The van der Waals surface area contributed by atoms with Crippen molar-refractivity contribution in [3.8, 4) is 0 Å². The second-order valence-electron chi connectivity index (χ2n) is 4.22. The second-order valence-corrected chi connectivity index (χ2v) is 5.11. The molecule has 1 aliphatic rings. The van der Waals surface area contributed by atoms with Gasteiger partial charge in [-0.05, 0) is 25.9 Å². The molecule has 0 bridgehead atoms. The maximum absolute atomic E-state index is 5.66. The number of aromatic nitrogens is 1. The summed E-state index contributed by atoms with van der Waals surface area (Å²) in [7, 11) is 1.75. The molecule has 2 rings (SSSR count). The van der Waals surface area contributed by atoms with Crippen LogP contribution in [0.4, 0.5) is 5.13 Å².